The van der Waals surface area contributed by atoms with Crippen LogP contribution in [-0.2, 0) is 10.2 Å². The van der Waals surface area contributed by atoms with Gasteiger partial charge in [0, 0.05) is 16.6 Å². The van der Waals surface area contributed by atoms with Crippen molar-refractivity contribution in [2.24, 2.45) is 5.73 Å². The molecule has 1 aromatic carbocycles. The first-order valence-electron chi connectivity index (χ1n) is 7.08. The first-order chi connectivity index (χ1) is 9.25. The molecule has 112 valence electrons. The number of amides is 1. The van der Waals surface area contributed by atoms with E-state index in [9.17, 15) is 4.79 Å². The molecule has 3 N–H and O–H groups in total. The fraction of sp³-hybridized carbons (Fsp3) is 0.562. The second-order valence-electron chi connectivity index (χ2n) is 5.88. The topological polar surface area (TPSA) is 55.1 Å². The maximum Gasteiger partial charge on any atom is 0.230 e. The van der Waals surface area contributed by atoms with Crippen molar-refractivity contribution >= 4 is 21.8 Å². The van der Waals surface area contributed by atoms with Gasteiger partial charge in [0.1, 0.15) is 0 Å². The SMILES string of the molecule is CCC(N)(CC)CNC(=O)C(C)(C)c1ccc(Br)cc1. The molecule has 1 amide bonds. The molecule has 0 saturated carbocycles. The van der Waals surface area contributed by atoms with Gasteiger partial charge in [0.25, 0.3) is 0 Å². The summed E-state index contributed by atoms with van der Waals surface area (Å²) < 4.78 is 1.01. The number of nitrogens with two attached hydrogens (primary N) is 1. The van der Waals surface area contributed by atoms with Gasteiger partial charge in [-0.3, -0.25) is 4.79 Å². The Morgan fingerprint density at radius 1 is 1.20 bits per heavy atom. The van der Waals surface area contributed by atoms with Crippen molar-refractivity contribution in [3.63, 3.8) is 0 Å². The second-order valence-corrected chi connectivity index (χ2v) is 6.80. The normalized spacial score (nSPS) is 12.3. The van der Waals surface area contributed by atoms with Crippen LogP contribution in [0.15, 0.2) is 28.7 Å². The zero-order chi connectivity index (χ0) is 15.4. The predicted octanol–water partition coefficient (Wildman–Crippen LogP) is 3.36. The summed E-state index contributed by atoms with van der Waals surface area (Å²) in [6, 6.07) is 7.85. The Bertz CT molecular complexity index is 450. The van der Waals surface area contributed by atoms with Gasteiger partial charge in [-0.2, -0.15) is 0 Å². The maximum absolute atomic E-state index is 12.5. The molecular weight excluding hydrogens is 316 g/mol. The van der Waals surface area contributed by atoms with Crippen LogP contribution in [-0.4, -0.2) is 18.0 Å². The molecule has 0 atom stereocenters. The number of carbonyl (C=O) groups is 1. The lowest BCUT2D eigenvalue weighted by Gasteiger charge is -2.30. The average molecular weight is 341 g/mol. The van der Waals surface area contributed by atoms with Crippen LogP contribution in [0.25, 0.3) is 0 Å². The summed E-state index contributed by atoms with van der Waals surface area (Å²) in [4.78, 5) is 12.5. The Morgan fingerprint density at radius 3 is 2.15 bits per heavy atom. The van der Waals surface area contributed by atoms with Gasteiger partial charge < -0.3 is 11.1 Å². The number of halogens is 1. The van der Waals surface area contributed by atoms with Crippen molar-refractivity contribution < 1.29 is 4.79 Å². The average Bonchev–Trinajstić information content (AvgIpc) is 2.44. The van der Waals surface area contributed by atoms with E-state index in [0.29, 0.717) is 6.54 Å². The second kappa shape index (κ2) is 6.72. The molecule has 0 fully saturated rings. The van der Waals surface area contributed by atoms with Gasteiger partial charge in [-0.05, 0) is 44.4 Å². The molecule has 0 spiro atoms. The van der Waals surface area contributed by atoms with Crippen molar-refractivity contribution in [3.05, 3.63) is 34.3 Å². The van der Waals surface area contributed by atoms with Crippen LogP contribution in [0.1, 0.15) is 46.1 Å². The molecule has 0 aromatic heterocycles. The van der Waals surface area contributed by atoms with Crippen LogP contribution >= 0.6 is 15.9 Å². The Labute approximate surface area is 130 Å². The monoisotopic (exact) mass is 340 g/mol. The third-order valence-electron chi connectivity index (χ3n) is 4.14. The standard InChI is InChI=1S/C16H25BrN2O/c1-5-16(18,6-2)11-19-14(20)15(3,4)12-7-9-13(17)10-8-12/h7-10H,5-6,11,18H2,1-4H3,(H,19,20). The molecule has 0 aliphatic carbocycles. The van der Waals surface area contributed by atoms with Crippen molar-refractivity contribution in [2.45, 2.75) is 51.5 Å². The Balaban J connectivity index is 2.77. The number of hydrogen-bond acceptors (Lipinski definition) is 2. The summed E-state index contributed by atoms with van der Waals surface area (Å²) in [5.41, 5.74) is 6.34. The third-order valence-corrected chi connectivity index (χ3v) is 4.67. The Kier molecular flexibility index (Phi) is 5.78. The van der Waals surface area contributed by atoms with Crippen molar-refractivity contribution in [2.75, 3.05) is 6.54 Å². The minimum atomic E-state index is -0.566. The number of benzene rings is 1. The molecule has 0 bridgehead atoms. The smallest absolute Gasteiger partial charge is 0.230 e. The fourth-order valence-electron chi connectivity index (χ4n) is 1.97. The van der Waals surface area contributed by atoms with Crippen LogP contribution in [0.3, 0.4) is 0 Å². The molecule has 0 aliphatic heterocycles. The third kappa shape index (κ3) is 4.06. The maximum atomic E-state index is 12.5. The first kappa shape index (κ1) is 17.2. The minimum Gasteiger partial charge on any atom is -0.354 e. The highest BCUT2D eigenvalue weighted by atomic mass is 79.9. The molecule has 0 saturated heterocycles. The lowest BCUT2D eigenvalue weighted by molar-refractivity contribution is -0.125. The predicted molar refractivity (Wildman–Crippen MR) is 87.7 cm³/mol. The van der Waals surface area contributed by atoms with Crippen LogP contribution < -0.4 is 11.1 Å². The Hall–Kier alpha value is -0.870. The van der Waals surface area contributed by atoms with Crippen LogP contribution in [0.4, 0.5) is 0 Å². The molecule has 0 radical (unpaired) electrons. The summed E-state index contributed by atoms with van der Waals surface area (Å²) >= 11 is 3.41. The first-order valence-corrected chi connectivity index (χ1v) is 7.87. The molecular formula is C16H25BrN2O. The highest BCUT2D eigenvalue weighted by Gasteiger charge is 2.31. The van der Waals surface area contributed by atoms with Gasteiger partial charge >= 0.3 is 0 Å². The zero-order valence-corrected chi connectivity index (χ0v) is 14.4. The van der Waals surface area contributed by atoms with E-state index in [-0.39, 0.29) is 11.4 Å². The summed E-state index contributed by atoms with van der Waals surface area (Å²) in [7, 11) is 0. The van der Waals surface area contributed by atoms with E-state index in [4.69, 9.17) is 5.73 Å². The number of nitrogens with one attached hydrogen (secondary N) is 1. The van der Waals surface area contributed by atoms with E-state index >= 15 is 0 Å². The van der Waals surface area contributed by atoms with E-state index in [1.807, 2.05) is 38.1 Å². The number of rotatable bonds is 6. The molecule has 0 heterocycles. The lowest BCUT2D eigenvalue weighted by atomic mass is 9.83. The quantitative estimate of drug-likeness (QED) is 0.834. The van der Waals surface area contributed by atoms with Crippen molar-refractivity contribution in [1.82, 2.24) is 5.32 Å². The minimum absolute atomic E-state index is 0.0107. The highest BCUT2D eigenvalue weighted by molar-refractivity contribution is 9.10. The van der Waals surface area contributed by atoms with Gasteiger partial charge in [-0.1, -0.05) is 41.9 Å². The summed E-state index contributed by atoms with van der Waals surface area (Å²) in [6.45, 7) is 8.48. The van der Waals surface area contributed by atoms with Crippen LogP contribution in [0.5, 0.6) is 0 Å². The summed E-state index contributed by atoms with van der Waals surface area (Å²) in [6.07, 6.45) is 1.70. The van der Waals surface area contributed by atoms with Gasteiger partial charge in [0.15, 0.2) is 0 Å². The molecule has 3 nitrogen and oxygen atoms in total. The van der Waals surface area contributed by atoms with E-state index in [1.54, 1.807) is 0 Å². The molecule has 0 aliphatic rings. The molecule has 1 aromatic rings. The summed E-state index contributed by atoms with van der Waals surface area (Å²) in [5.74, 6) is 0.0107. The lowest BCUT2D eigenvalue weighted by Crippen LogP contribution is -2.52. The Morgan fingerprint density at radius 2 is 1.70 bits per heavy atom. The highest BCUT2D eigenvalue weighted by Crippen LogP contribution is 2.25. The largest absolute Gasteiger partial charge is 0.354 e. The number of carbonyl (C=O) groups excluding carboxylic acids is 1. The van der Waals surface area contributed by atoms with Crippen LogP contribution in [0, 0.1) is 0 Å². The zero-order valence-electron chi connectivity index (χ0n) is 12.8. The number of hydrogen-bond donors (Lipinski definition) is 2. The van der Waals surface area contributed by atoms with E-state index in [1.165, 1.54) is 0 Å². The molecule has 1 rings (SSSR count). The van der Waals surface area contributed by atoms with E-state index in [0.717, 1.165) is 22.9 Å². The van der Waals surface area contributed by atoms with Crippen molar-refractivity contribution in [3.8, 4) is 0 Å². The van der Waals surface area contributed by atoms with Crippen LogP contribution in [0.2, 0.25) is 0 Å². The molecule has 0 unspecified atom stereocenters. The fourth-order valence-corrected chi connectivity index (χ4v) is 2.24. The van der Waals surface area contributed by atoms with E-state index < -0.39 is 5.41 Å². The van der Waals surface area contributed by atoms with Gasteiger partial charge in [-0.15, -0.1) is 0 Å². The molecule has 20 heavy (non-hydrogen) atoms. The van der Waals surface area contributed by atoms with Gasteiger partial charge in [0.05, 0.1) is 5.41 Å². The van der Waals surface area contributed by atoms with Crippen molar-refractivity contribution in [1.29, 1.82) is 0 Å². The summed E-state index contributed by atoms with van der Waals surface area (Å²) in [5, 5.41) is 3.00. The molecule has 4 heteroatoms. The van der Waals surface area contributed by atoms with Gasteiger partial charge in [-0.25, -0.2) is 0 Å². The van der Waals surface area contributed by atoms with Gasteiger partial charge in [0.2, 0.25) is 5.91 Å². The van der Waals surface area contributed by atoms with E-state index in [2.05, 4.69) is 35.1 Å².